The van der Waals surface area contributed by atoms with Gasteiger partial charge >= 0.3 is 0 Å². The van der Waals surface area contributed by atoms with E-state index in [0.29, 0.717) is 23.7 Å². The molecule has 0 bridgehead atoms. The first-order chi connectivity index (χ1) is 13.4. The van der Waals surface area contributed by atoms with Crippen LogP contribution in [0.1, 0.15) is 41.3 Å². The van der Waals surface area contributed by atoms with Crippen molar-refractivity contribution in [3.8, 4) is 11.5 Å². The molecular weight excluding hydrogens is 424 g/mol. The van der Waals surface area contributed by atoms with Crippen LogP contribution in [0.3, 0.4) is 0 Å². The molecule has 2 rings (SSSR count). The van der Waals surface area contributed by atoms with Crippen LogP contribution in [-0.2, 0) is 4.79 Å². The molecule has 0 heterocycles. The van der Waals surface area contributed by atoms with Gasteiger partial charge in [-0.2, -0.15) is 0 Å². The Morgan fingerprint density at radius 2 is 1.71 bits per heavy atom. The third-order valence-electron chi connectivity index (χ3n) is 3.82. The van der Waals surface area contributed by atoms with Crippen LogP contribution >= 0.6 is 15.9 Å². The van der Waals surface area contributed by atoms with E-state index in [-0.39, 0.29) is 6.61 Å². The van der Waals surface area contributed by atoms with E-state index in [4.69, 9.17) is 9.47 Å². The summed E-state index contributed by atoms with van der Waals surface area (Å²) >= 11 is 3.35. The summed E-state index contributed by atoms with van der Waals surface area (Å²) in [5, 5.41) is 0. The van der Waals surface area contributed by atoms with Crippen molar-refractivity contribution in [2.24, 2.45) is 0 Å². The van der Waals surface area contributed by atoms with Gasteiger partial charge in [-0.05, 0) is 61.7 Å². The number of aryl methyl sites for hydroxylation is 2. The van der Waals surface area contributed by atoms with Crippen LogP contribution in [-0.4, -0.2) is 25.0 Å². The lowest BCUT2D eigenvalue weighted by Gasteiger charge is -2.13. The quantitative estimate of drug-likeness (QED) is 0.470. The molecule has 0 saturated heterocycles. The minimum Gasteiger partial charge on any atom is -0.493 e. The Morgan fingerprint density at radius 3 is 2.39 bits per heavy atom. The number of hydrogen-bond donors (Lipinski definition) is 2. The Morgan fingerprint density at radius 1 is 1.00 bits per heavy atom. The van der Waals surface area contributed by atoms with E-state index in [1.807, 2.05) is 32.0 Å². The Bertz CT molecular complexity index is 819. The topological polar surface area (TPSA) is 76.7 Å². The second-order valence-corrected chi connectivity index (χ2v) is 7.37. The van der Waals surface area contributed by atoms with Gasteiger partial charge < -0.3 is 9.47 Å². The van der Waals surface area contributed by atoms with E-state index in [2.05, 4.69) is 33.7 Å². The maximum absolute atomic E-state index is 12.5. The van der Waals surface area contributed by atoms with E-state index in [9.17, 15) is 9.59 Å². The van der Waals surface area contributed by atoms with Crippen molar-refractivity contribution in [2.75, 3.05) is 13.2 Å². The Kier molecular flexibility index (Phi) is 8.32. The highest BCUT2D eigenvalue weighted by molar-refractivity contribution is 9.10. The van der Waals surface area contributed by atoms with Gasteiger partial charge in [0.25, 0.3) is 11.8 Å². The van der Waals surface area contributed by atoms with Crippen molar-refractivity contribution >= 4 is 27.7 Å². The normalized spacial score (nSPS) is 10.3. The highest BCUT2D eigenvalue weighted by Crippen LogP contribution is 2.23. The van der Waals surface area contributed by atoms with Crippen LogP contribution in [0.4, 0.5) is 0 Å². The number of benzene rings is 2. The summed E-state index contributed by atoms with van der Waals surface area (Å²) in [5.41, 5.74) is 7.19. The molecule has 0 spiro atoms. The number of nitrogens with one attached hydrogen (secondary N) is 2. The Hall–Kier alpha value is -2.54. The zero-order chi connectivity index (χ0) is 20.5. The van der Waals surface area contributed by atoms with E-state index < -0.39 is 11.8 Å². The molecule has 0 fully saturated rings. The van der Waals surface area contributed by atoms with Crippen molar-refractivity contribution in [3.05, 3.63) is 57.6 Å². The molecule has 2 aromatic rings. The van der Waals surface area contributed by atoms with E-state index >= 15 is 0 Å². The highest BCUT2D eigenvalue weighted by atomic mass is 79.9. The molecule has 0 saturated carbocycles. The van der Waals surface area contributed by atoms with Crippen LogP contribution in [0.25, 0.3) is 0 Å². The molecular formula is C21H25BrN2O4. The number of amides is 2. The molecule has 150 valence electrons. The van der Waals surface area contributed by atoms with Crippen LogP contribution < -0.4 is 20.3 Å². The SMILES string of the molecule is CCCCOc1ccc(Br)cc1C(=O)NNC(=O)COc1cc(C)cc(C)c1. The minimum absolute atomic E-state index is 0.207. The minimum atomic E-state index is -0.465. The number of rotatable bonds is 8. The van der Waals surface area contributed by atoms with Crippen LogP contribution in [0.2, 0.25) is 0 Å². The van der Waals surface area contributed by atoms with E-state index in [0.717, 1.165) is 28.4 Å². The Balaban J connectivity index is 1.90. The number of carbonyl (C=O) groups excluding carboxylic acids is 2. The lowest BCUT2D eigenvalue weighted by atomic mass is 10.1. The fourth-order valence-electron chi connectivity index (χ4n) is 2.53. The number of hydrazine groups is 1. The van der Waals surface area contributed by atoms with Crippen LogP contribution in [0.5, 0.6) is 11.5 Å². The van der Waals surface area contributed by atoms with Gasteiger partial charge in [0, 0.05) is 4.47 Å². The molecule has 0 unspecified atom stereocenters. The fraction of sp³-hybridized carbons (Fsp3) is 0.333. The zero-order valence-electron chi connectivity index (χ0n) is 16.3. The second-order valence-electron chi connectivity index (χ2n) is 6.46. The summed E-state index contributed by atoms with van der Waals surface area (Å²) in [6.07, 6.45) is 1.89. The smallest absolute Gasteiger partial charge is 0.276 e. The van der Waals surface area contributed by atoms with Crippen molar-refractivity contribution in [1.29, 1.82) is 0 Å². The molecule has 6 nitrogen and oxygen atoms in total. The predicted molar refractivity (Wildman–Crippen MR) is 112 cm³/mol. The monoisotopic (exact) mass is 448 g/mol. The summed E-state index contributed by atoms with van der Waals surface area (Å²) < 4.78 is 11.9. The summed E-state index contributed by atoms with van der Waals surface area (Å²) in [6, 6.07) is 10.9. The molecule has 0 aliphatic rings. The molecule has 2 N–H and O–H groups in total. The third-order valence-corrected chi connectivity index (χ3v) is 4.32. The van der Waals surface area contributed by atoms with Gasteiger partial charge in [0.2, 0.25) is 0 Å². The first-order valence-electron chi connectivity index (χ1n) is 9.11. The number of halogens is 1. The lowest BCUT2D eigenvalue weighted by Crippen LogP contribution is -2.44. The number of ether oxygens (including phenoxy) is 2. The molecule has 0 radical (unpaired) electrons. The number of hydrogen-bond acceptors (Lipinski definition) is 4. The zero-order valence-corrected chi connectivity index (χ0v) is 17.9. The van der Waals surface area contributed by atoms with Crippen molar-refractivity contribution < 1.29 is 19.1 Å². The average molecular weight is 449 g/mol. The van der Waals surface area contributed by atoms with Gasteiger partial charge in [-0.25, -0.2) is 0 Å². The molecule has 0 aliphatic heterocycles. The van der Waals surface area contributed by atoms with Crippen LogP contribution in [0, 0.1) is 13.8 Å². The number of carbonyl (C=O) groups is 2. The molecule has 0 aliphatic carbocycles. The highest BCUT2D eigenvalue weighted by Gasteiger charge is 2.14. The number of unbranched alkanes of at least 4 members (excludes halogenated alkanes) is 1. The Labute approximate surface area is 173 Å². The van der Waals surface area contributed by atoms with Crippen molar-refractivity contribution in [1.82, 2.24) is 10.9 Å². The van der Waals surface area contributed by atoms with Gasteiger partial charge in [-0.15, -0.1) is 0 Å². The second kappa shape index (κ2) is 10.7. The summed E-state index contributed by atoms with van der Waals surface area (Å²) in [7, 11) is 0. The molecule has 0 aromatic heterocycles. The van der Waals surface area contributed by atoms with Gasteiger partial charge in [-0.1, -0.05) is 35.3 Å². The van der Waals surface area contributed by atoms with Crippen molar-refractivity contribution in [3.63, 3.8) is 0 Å². The van der Waals surface area contributed by atoms with Gasteiger partial charge in [0.1, 0.15) is 11.5 Å². The van der Waals surface area contributed by atoms with Gasteiger partial charge in [0.05, 0.1) is 12.2 Å². The molecule has 2 amide bonds. The fourth-order valence-corrected chi connectivity index (χ4v) is 2.89. The maximum atomic E-state index is 12.5. The van der Waals surface area contributed by atoms with Crippen LogP contribution in [0.15, 0.2) is 40.9 Å². The lowest BCUT2D eigenvalue weighted by molar-refractivity contribution is -0.123. The molecule has 2 aromatic carbocycles. The molecule has 28 heavy (non-hydrogen) atoms. The predicted octanol–water partition coefficient (Wildman–Crippen LogP) is 4.08. The average Bonchev–Trinajstić information content (AvgIpc) is 2.65. The van der Waals surface area contributed by atoms with Crippen molar-refractivity contribution in [2.45, 2.75) is 33.6 Å². The molecule has 0 atom stereocenters. The third kappa shape index (κ3) is 6.88. The standard InChI is InChI=1S/C21H25BrN2O4/c1-4-5-8-27-19-7-6-16(22)12-18(19)21(26)24-23-20(25)13-28-17-10-14(2)9-15(3)11-17/h6-7,9-12H,4-5,8,13H2,1-3H3,(H,23,25)(H,24,26). The maximum Gasteiger partial charge on any atom is 0.276 e. The molecule has 7 heteroatoms. The largest absolute Gasteiger partial charge is 0.493 e. The summed E-state index contributed by atoms with van der Waals surface area (Å²) in [6.45, 7) is 6.29. The summed E-state index contributed by atoms with van der Waals surface area (Å²) in [5.74, 6) is 0.149. The first-order valence-corrected chi connectivity index (χ1v) is 9.91. The first kappa shape index (κ1) is 21.8. The van der Waals surface area contributed by atoms with E-state index in [1.54, 1.807) is 18.2 Å². The van der Waals surface area contributed by atoms with Gasteiger partial charge in [-0.3, -0.25) is 20.4 Å². The summed E-state index contributed by atoms with van der Waals surface area (Å²) in [4.78, 5) is 24.4. The van der Waals surface area contributed by atoms with Gasteiger partial charge in [0.15, 0.2) is 6.61 Å². The van der Waals surface area contributed by atoms with E-state index in [1.165, 1.54) is 0 Å².